The predicted octanol–water partition coefficient (Wildman–Crippen LogP) is 18.4. The first-order chi connectivity index (χ1) is 43.2. The van der Waals surface area contributed by atoms with Gasteiger partial charge in [-0.15, -0.1) is 0 Å². The molecule has 5 unspecified atom stereocenters. The number of aliphatic hydroxyl groups excluding tert-OH is 2. The second-order valence-electron chi connectivity index (χ2n) is 21.9. The summed E-state index contributed by atoms with van der Waals surface area (Å²) in [7, 11) is -9.80. The number of rotatable bonds is 62. The van der Waals surface area contributed by atoms with Gasteiger partial charge in [0, 0.05) is 19.3 Å². The van der Waals surface area contributed by atoms with Crippen LogP contribution in [-0.2, 0) is 55.8 Å². The molecule has 0 aliphatic rings. The van der Waals surface area contributed by atoms with E-state index < -0.39 is 91.5 Å². The lowest BCUT2D eigenvalue weighted by atomic mass is 10.1. The Bertz CT molecular complexity index is 2160. The molecule has 0 amide bonds. The molecule has 0 spiro atoms. The van der Waals surface area contributed by atoms with Crippen LogP contribution >= 0.6 is 15.6 Å². The summed E-state index contributed by atoms with van der Waals surface area (Å²) in [6.45, 7) is 2.32. The Morgan fingerprint density at radius 1 is 0.326 bits per heavy atom. The predicted molar refractivity (Wildman–Crippen MR) is 362 cm³/mol. The second kappa shape index (κ2) is 63.8. The molecule has 5 atom stereocenters. The molecule has 89 heavy (non-hydrogen) atoms. The molecule has 0 heterocycles. The van der Waals surface area contributed by atoms with Gasteiger partial charge in [-0.1, -0.05) is 219 Å². The molecule has 0 aliphatic carbocycles. The smallest absolute Gasteiger partial charge is 0.463 e. The molecule has 0 aromatic heterocycles. The lowest BCUT2D eigenvalue weighted by molar-refractivity contribution is -0.161. The average molecular weight is 1290 g/mol. The number of phosphoric ester groups is 2. The van der Waals surface area contributed by atoms with Crippen LogP contribution in [0.5, 0.6) is 0 Å². The lowest BCUT2D eigenvalue weighted by Gasteiger charge is -2.21. The highest BCUT2D eigenvalue weighted by molar-refractivity contribution is 7.47. The van der Waals surface area contributed by atoms with Gasteiger partial charge < -0.3 is 34.2 Å². The average Bonchev–Trinajstić information content (AvgIpc) is 3.55. The summed E-state index contributed by atoms with van der Waals surface area (Å²) in [5.74, 6) is -1.65. The molecule has 0 saturated heterocycles. The van der Waals surface area contributed by atoms with Crippen molar-refractivity contribution in [3.63, 3.8) is 0 Å². The fourth-order valence-corrected chi connectivity index (χ4v) is 9.85. The standard InChI is InChI=1S/C71H118O16P2/c1-4-7-10-13-16-19-22-25-27-29-31-32-34-36-37-40-42-45-48-51-54-57-69(74)81-60-66(72)61-83-88(77,78)84-62-67(73)63-85-89(79,80)86-65-68(87-71(76)59-56-53-50-47-44-39-24-21-18-15-12-9-6-3)64-82-70(75)58-55-52-49-46-43-41-38-35-33-30-28-26-23-20-17-14-11-8-5-2/h7-8,10-11,16-17,19-21,24-28,31-33,35-37,42,45,66-68,72-73H,4-6,9,12-15,18,22-23,29-30,34,38-41,43-44,46-65H2,1-3H3,(H,77,78)(H,79,80)/b10-7-,11-8-,19-16-,20-17-,24-21-,27-25-,28-26-,32-31-,35-33-,37-36-,45-42-. The Hall–Kier alpha value is -4.31. The lowest BCUT2D eigenvalue weighted by Crippen LogP contribution is -2.30. The minimum atomic E-state index is -4.93. The van der Waals surface area contributed by atoms with Gasteiger partial charge in [0.25, 0.3) is 0 Å². The zero-order valence-corrected chi connectivity index (χ0v) is 56.6. The van der Waals surface area contributed by atoms with Crippen molar-refractivity contribution in [3.05, 3.63) is 134 Å². The maximum Gasteiger partial charge on any atom is 0.472 e. The van der Waals surface area contributed by atoms with Gasteiger partial charge in [-0.2, -0.15) is 0 Å². The molecule has 0 aromatic rings. The molecular formula is C71H118O16P2. The topological polar surface area (TPSA) is 231 Å². The number of hydrogen-bond acceptors (Lipinski definition) is 14. The first kappa shape index (κ1) is 84.7. The summed E-state index contributed by atoms with van der Waals surface area (Å²) < 4.78 is 60.8. The number of allylic oxidation sites excluding steroid dienone is 22. The molecule has 508 valence electrons. The summed E-state index contributed by atoms with van der Waals surface area (Å²) in [5, 5.41) is 20.5. The van der Waals surface area contributed by atoms with Gasteiger partial charge in [-0.05, 0) is 135 Å². The molecule has 4 N–H and O–H groups in total. The number of hydrogen-bond donors (Lipinski definition) is 4. The van der Waals surface area contributed by atoms with Crippen LogP contribution in [0, 0.1) is 0 Å². The number of carbonyl (C=O) groups excluding carboxylic acids is 3. The molecule has 0 aromatic carbocycles. The van der Waals surface area contributed by atoms with Crippen molar-refractivity contribution >= 4 is 33.6 Å². The fourth-order valence-electron chi connectivity index (χ4n) is 8.26. The Kier molecular flexibility index (Phi) is 60.7. The number of unbranched alkanes of at least 4 members (excludes halogenated alkanes) is 17. The van der Waals surface area contributed by atoms with Crippen LogP contribution < -0.4 is 0 Å². The quantitative estimate of drug-likeness (QED) is 0.0146. The summed E-state index contributed by atoms with van der Waals surface area (Å²) in [4.78, 5) is 58.3. The molecule has 0 saturated carbocycles. The molecule has 0 bridgehead atoms. The molecule has 16 nitrogen and oxygen atoms in total. The van der Waals surface area contributed by atoms with E-state index in [1.54, 1.807) is 0 Å². The highest BCUT2D eigenvalue weighted by Crippen LogP contribution is 2.45. The molecular weight excluding hydrogens is 1170 g/mol. The molecule has 0 aliphatic heterocycles. The van der Waals surface area contributed by atoms with Crippen molar-refractivity contribution in [1.82, 2.24) is 0 Å². The first-order valence-electron chi connectivity index (χ1n) is 33.5. The van der Waals surface area contributed by atoms with Crippen LogP contribution in [0.15, 0.2) is 134 Å². The van der Waals surface area contributed by atoms with E-state index >= 15 is 0 Å². The fraction of sp³-hybridized carbons (Fsp3) is 0.648. The van der Waals surface area contributed by atoms with Crippen molar-refractivity contribution in [1.29, 1.82) is 0 Å². The number of aliphatic hydroxyl groups is 2. The highest BCUT2D eigenvalue weighted by Gasteiger charge is 2.29. The van der Waals surface area contributed by atoms with Crippen LogP contribution in [0.2, 0.25) is 0 Å². The Labute approximate surface area is 537 Å². The minimum absolute atomic E-state index is 0.0865. The molecule has 0 radical (unpaired) electrons. The van der Waals surface area contributed by atoms with E-state index in [4.69, 9.17) is 32.3 Å². The van der Waals surface area contributed by atoms with Gasteiger partial charge in [0.05, 0.1) is 26.4 Å². The van der Waals surface area contributed by atoms with Crippen molar-refractivity contribution < 1.29 is 75.8 Å². The molecule has 0 fully saturated rings. The first-order valence-corrected chi connectivity index (χ1v) is 36.5. The van der Waals surface area contributed by atoms with Crippen molar-refractivity contribution in [3.8, 4) is 0 Å². The van der Waals surface area contributed by atoms with Gasteiger partial charge in [-0.25, -0.2) is 9.13 Å². The van der Waals surface area contributed by atoms with Gasteiger partial charge in [0.1, 0.15) is 25.4 Å². The Balaban J connectivity index is 4.70. The van der Waals surface area contributed by atoms with E-state index in [-0.39, 0.29) is 19.3 Å². The minimum Gasteiger partial charge on any atom is -0.463 e. The summed E-state index contributed by atoms with van der Waals surface area (Å²) in [5.41, 5.74) is 0. The van der Waals surface area contributed by atoms with Crippen LogP contribution in [0.4, 0.5) is 0 Å². The summed E-state index contributed by atoms with van der Waals surface area (Å²) in [6.07, 6.45) is 73.6. The van der Waals surface area contributed by atoms with Crippen LogP contribution in [-0.4, -0.2) is 95.9 Å². The monoisotopic (exact) mass is 1290 g/mol. The number of esters is 3. The zero-order chi connectivity index (χ0) is 65.3. The van der Waals surface area contributed by atoms with E-state index in [0.29, 0.717) is 19.3 Å². The van der Waals surface area contributed by atoms with Gasteiger partial charge in [-0.3, -0.25) is 32.5 Å². The van der Waals surface area contributed by atoms with E-state index in [9.17, 15) is 43.5 Å². The van der Waals surface area contributed by atoms with Gasteiger partial charge in [0.15, 0.2) is 6.10 Å². The van der Waals surface area contributed by atoms with Crippen LogP contribution in [0.3, 0.4) is 0 Å². The maximum absolute atomic E-state index is 12.9. The number of ether oxygens (including phenoxy) is 3. The molecule has 18 heteroatoms. The third-order valence-electron chi connectivity index (χ3n) is 13.3. The molecule has 0 rings (SSSR count). The van der Waals surface area contributed by atoms with E-state index in [2.05, 4.69) is 154 Å². The largest absolute Gasteiger partial charge is 0.472 e. The Morgan fingerprint density at radius 3 is 0.978 bits per heavy atom. The maximum atomic E-state index is 12.9. The van der Waals surface area contributed by atoms with Gasteiger partial charge >= 0.3 is 33.6 Å². The van der Waals surface area contributed by atoms with E-state index in [0.717, 1.165) is 154 Å². The zero-order valence-electron chi connectivity index (χ0n) is 54.8. The van der Waals surface area contributed by atoms with E-state index in [1.165, 1.54) is 25.7 Å². The van der Waals surface area contributed by atoms with Gasteiger partial charge in [0.2, 0.25) is 0 Å². The second-order valence-corrected chi connectivity index (χ2v) is 24.8. The summed E-state index contributed by atoms with van der Waals surface area (Å²) >= 11 is 0. The number of carbonyl (C=O) groups is 3. The van der Waals surface area contributed by atoms with Crippen molar-refractivity contribution in [2.75, 3.05) is 39.6 Å². The third kappa shape index (κ3) is 65.0. The van der Waals surface area contributed by atoms with Crippen molar-refractivity contribution in [2.45, 2.75) is 257 Å². The third-order valence-corrected chi connectivity index (χ3v) is 15.2. The summed E-state index contributed by atoms with van der Waals surface area (Å²) in [6, 6.07) is 0. The van der Waals surface area contributed by atoms with Crippen LogP contribution in [0.1, 0.15) is 239 Å². The number of phosphoric acid groups is 2. The van der Waals surface area contributed by atoms with E-state index in [1.807, 2.05) is 0 Å². The highest BCUT2D eigenvalue weighted by atomic mass is 31.2. The normalized spacial score (nSPS) is 15.1. The SMILES string of the molecule is CC/C=C\C/C=C\C/C=C\C/C=C\C/C=C\C/C=C\CCCCC(=O)OCC(O)COP(=O)(O)OCC(O)COP(=O)(O)OCC(COC(=O)CCCCCCCC/C=C\C/C=C\C/C=C\C/C=C\CC)OC(=O)CCCCCCC/C=C\CCCCCC. The van der Waals surface area contributed by atoms with Crippen LogP contribution in [0.25, 0.3) is 0 Å². The van der Waals surface area contributed by atoms with Crippen molar-refractivity contribution in [2.24, 2.45) is 0 Å². The Morgan fingerprint density at radius 2 is 0.596 bits per heavy atom.